The number of hydrogen-bond acceptors (Lipinski definition) is 9. The molecule has 1 aromatic heterocycles. The molecule has 1 aliphatic heterocycles. The number of nitrogens with one attached hydrogen (secondary N) is 1. The number of anilines is 1. The van der Waals surface area contributed by atoms with Gasteiger partial charge in [0.2, 0.25) is 6.10 Å². The zero-order valence-corrected chi connectivity index (χ0v) is 22.9. The molecule has 0 spiro atoms. The highest BCUT2D eigenvalue weighted by molar-refractivity contribution is 5.96. The highest BCUT2D eigenvalue weighted by atomic mass is 16.5. The number of nitrogens with zero attached hydrogens (tertiary/aromatic N) is 4. The van der Waals surface area contributed by atoms with Crippen molar-refractivity contribution >= 4 is 28.9 Å². The molecule has 0 saturated carbocycles. The van der Waals surface area contributed by atoms with E-state index < -0.39 is 12.0 Å². The molecule has 1 aliphatic rings. The average Bonchev–Trinajstić information content (AvgIpc) is 3.40. The van der Waals surface area contributed by atoms with Crippen LogP contribution in [0, 0.1) is 11.3 Å². The monoisotopic (exact) mass is 555 g/mol. The molecule has 1 unspecified atom stereocenters. The fourth-order valence-electron chi connectivity index (χ4n) is 4.49. The van der Waals surface area contributed by atoms with Crippen molar-refractivity contribution in [2.45, 2.75) is 6.10 Å². The van der Waals surface area contributed by atoms with Gasteiger partial charge in [0.25, 0.3) is 11.8 Å². The maximum atomic E-state index is 13.5. The summed E-state index contributed by atoms with van der Waals surface area (Å²) < 4.78 is 22.5. The Morgan fingerprint density at radius 1 is 0.976 bits per heavy atom. The lowest BCUT2D eigenvalue weighted by Gasteiger charge is -2.32. The lowest BCUT2D eigenvalue weighted by atomic mass is 10.0. The van der Waals surface area contributed by atoms with E-state index in [9.17, 15) is 9.59 Å². The van der Waals surface area contributed by atoms with Crippen molar-refractivity contribution < 1.29 is 28.2 Å². The van der Waals surface area contributed by atoms with E-state index in [0.29, 0.717) is 58.1 Å². The van der Waals surface area contributed by atoms with Crippen LogP contribution in [-0.4, -0.2) is 74.0 Å². The number of aromatic nitrogens is 1. The van der Waals surface area contributed by atoms with Crippen LogP contribution in [0.5, 0.6) is 17.2 Å². The minimum Gasteiger partial charge on any atom is -0.493 e. The van der Waals surface area contributed by atoms with Gasteiger partial charge in [0.15, 0.2) is 17.1 Å². The zero-order chi connectivity index (χ0) is 28.9. The molecule has 41 heavy (non-hydrogen) atoms. The van der Waals surface area contributed by atoms with Crippen LogP contribution < -0.4 is 19.5 Å². The van der Waals surface area contributed by atoms with Crippen molar-refractivity contribution in [2.24, 2.45) is 0 Å². The normalized spacial score (nSPS) is 14.2. The Balaban J connectivity index is 1.40. The van der Waals surface area contributed by atoms with Gasteiger partial charge in [-0.25, -0.2) is 0 Å². The van der Waals surface area contributed by atoms with Gasteiger partial charge in [-0.1, -0.05) is 12.1 Å². The van der Waals surface area contributed by atoms with E-state index >= 15 is 0 Å². The smallest absolute Gasteiger partial charge is 0.302 e. The minimum atomic E-state index is -1.12. The first kappa shape index (κ1) is 27.5. The second kappa shape index (κ2) is 12.0. The largest absolute Gasteiger partial charge is 0.493 e. The number of likely N-dealkylation sites (N-methyl/N-ethyl adjacent to an activating group) is 1. The van der Waals surface area contributed by atoms with Gasteiger partial charge in [0.1, 0.15) is 11.3 Å². The third kappa shape index (κ3) is 6.08. The SMILES string of the molecule is COc1cc2nc(NC(=O)C(Oc3ccc(C#N)cc3)c3ccc(C(=O)N4CCN(C)CC4)cc3)oc2cc1OC. The Morgan fingerprint density at radius 2 is 1.63 bits per heavy atom. The van der Waals surface area contributed by atoms with Crippen LogP contribution in [0.15, 0.2) is 65.1 Å². The summed E-state index contributed by atoms with van der Waals surface area (Å²) in [6.45, 7) is 2.96. The molecule has 0 aliphatic carbocycles. The first-order valence-corrected chi connectivity index (χ1v) is 13.0. The van der Waals surface area contributed by atoms with Gasteiger partial charge in [-0.05, 0) is 43.4 Å². The number of ether oxygens (including phenoxy) is 3. The number of hydrogen-bond donors (Lipinski definition) is 1. The Hall–Kier alpha value is -5.08. The van der Waals surface area contributed by atoms with Crippen LogP contribution in [-0.2, 0) is 4.79 Å². The van der Waals surface area contributed by atoms with Crippen molar-refractivity contribution in [1.82, 2.24) is 14.8 Å². The Bertz CT molecular complexity index is 1540. The van der Waals surface area contributed by atoms with Crippen molar-refractivity contribution in [2.75, 3.05) is 52.8 Å². The summed E-state index contributed by atoms with van der Waals surface area (Å²) in [5, 5.41) is 11.8. The fraction of sp³-hybridized carbons (Fsp3) is 0.267. The Labute approximate surface area is 236 Å². The van der Waals surface area contributed by atoms with E-state index in [1.165, 1.54) is 14.2 Å². The minimum absolute atomic E-state index is 0.0319. The van der Waals surface area contributed by atoms with Gasteiger partial charge < -0.3 is 28.4 Å². The number of carbonyl (C=O) groups excluding carboxylic acids is 2. The number of benzene rings is 3. The maximum absolute atomic E-state index is 13.5. The van der Waals surface area contributed by atoms with Gasteiger partial charge in [-0.3, -0.25) is 14.9 Å². The fourth-order valence-corrected chi connectivity index (χ4v) is 4.49. The Kier molecular flexibility index (Phi) is 8.03. The standard InChI is InChI=1S/C30H29N5O6/c1-34-12-14-35(15-13-34)29(37)21-8-6-20(7-9-21)27(40-22-10-4-19(18-31)5-11-22)28(36)33-30-32-23-16-25(38-2)26(39-3)17-24(23)41-30/h4-11,16-17,27H,12-15H2,1-3H3,(H,32,33,36). The summed E-state index contributed by atoms with van der Waals surface area (Å²) in [7, 11) is 5.06. The quantitative estimate of drug-likeness (QED) is 0.344. The van der Waals surface area contributed by atoms with Crippen LogP contribution in [0.3, 0.4) is 0 Å². The summed E-state index contributed by atoms with van der Waals surface area (Å²) >= 11 is 0. The number of methoxy groups -OCH3 is 2. The molecule has 4 aromatic rings. The predicted molar refractivity (Wildman–Crippen MR) is 150 cm³/mol. The van der Waals surface area contributed by atoms with Crippen molar-refractivity contribution in [3.05, 3.63) is 77.4 Å². The maximum Gasteiger partial charge on any atom is 0.302 e. The van der Waals surface area contributed by atoms with E-state index in [1.807, 2.05) is 11.9 Å². The third-order valence-electron chi connectivity index (χ3n) is 6.85. The van der Waals surface area contributed by atoms with E-state index in [4.69, 9.17) is 23.9 Å². The number of oxazole rings is 1. The molecule has 1 fully saturated rings. The molecule has 2 amide bonds. The first-order chi connectivity index (χ1) is 19.9. The van der Waals surface area contributed by atoms with E-state index in [0.717, 1.165) is 13.1 Å². The Morgan fingerprint density at radius 3 is 2.27 bits per heavy atom. The highest BCUT2D eigenvalue weighted by Crippen LogP contribution is 2.33. The molecule has 5 rings (SSSR count). The molecule has 1 N–H and O–H groups in total. The number of fused-ring (bicyclic) bond motifs is 1. The van der Waals surface area contributed by atoms with E-state index in [1.54, 1.807) is 60.7 Å². The van der Waals surface area contributed by atoms with Gasteiger partial charge in [-0.15, -0.1) is 0 Å². The van der Waals surface area contributed by atoms with Gasteiger partial charge in [-0.2, -0.15) is 10.2 Å². The molecular weight excluding hydrogens is 526 g/mol. The van der Waals surface area contributed by atoms with Crippen LogP contribution in [0.25, 0.3) is 11.1 Å². The van der Waals surface area contributed by atoms with Crippen molar-refractivity contribution in [1.29, 1.82) is 5.26 Å². The van der Waals surface area contributed by atoms with Crippen LogP contribution in [0.4, 0.5) is 6.01 Å². The number of piperazine rings is 1. The number of amides is 2. The second-order valence-corrected chi connectivity index (χ2v) is 9.53. The van der Waals surface area contributed by atoms with Gasteiger partial charge >= 0.3 is 6.01 Å². The predicted octanol–water partition coefficient (Wildman–Crippen LogP) is 3.86. The number of nitriles is 1. The molecule has 1 saturated heterocycles. The molecule has 11 heteroatoms. The molecule has 0 radical (unpaired) electrons. The number of rotatable bonds is 8. The molecule has 3 aromatic carbocycles. The molecule has 1 atom stereocenters. The van der Waals surface area contributed by atoms with Crippen molar-refractivity contribution in [3.8, 4) is 23.3 Å². The summed E-state index contributed by atoms with van der Waals surface area (Å²) in [6.07, 6.45) is -1.12. The first-order valence-electron chi connectivity index (χ1n) is 13.0. The highest BCUT2D eigenvalue weighted by Gasteiger charge is 2.26. The van der Waals surface area contributed by atoms with E-state index in [2.05, 4.69) is 21.3 Å². The van der Waals surface area contributed by atoms with Crippen LogP contribution in [0.2, 0.25) is 0 Å². The molecule has 210 valence electrons. The number of carbonyl (C=O) groups is 2. The third-order valence-corrected chi connectivity index (χ3v) is 6.85. The zero-order valence-electron chi connectivity index (χ0n) is 22.9. The molecular formula is C30H29N5O6. The molecule has 2 heterocycles. The van der Waals surface area contributed by atoms with Crippen molar-refractivity contribution in [3.63, 3.8) is 0 Å². The lowest BCUT2D eigenvalue weighted by Crippen LogP contribution is -2.47. The molecule has 0 bridgehead atoms. The van der Waals surface area contributed by atoms with Gasteiger partial charge in [0.05, 0.1) is 25.9 Å². The summed E-state index contributed by atoms with van der Waals surface area (Å²) in [4.78, 5) is 34.9. The average molecular weight is 556 g/mol. The second-order valence-electron chi connectivity index (χ2n) is 9.53. The summed E-state index contributed by atoms with van der Waals surface area (Å²) in [5.41, 5.74) is 2.37. The van der Waals surface area contributed by atoms with Crippen LogP contribution in [0.1, 0.15) is 27.6 Å². The van der Waals surface area contributed by atoms with E-state index in [-0.39, 0.29) is 11.9 Å². The van der Waals surface area contributed by atoms with Gasteiger partial charge in [0, 0.05) is 49.4 Å². The lowest BCUT2D eigenvalue weighted by molar-refractivity contribution is -0.123. The summed E-state index contributed by atoms with van der Waals surface area (Å²) in [5.74, 6) is 0.712. The van der Waals surface area contributed by atoms with Crippen LogP contribution >= 0.6 is 0 Å². The summed E-state index contributed by atoms with van der Waals surface area (Å²) in [6, 6.07) is 18.5. The topological polar surface area (TPSA) is 130 Å². The molecule has 11 nitrogen and oxygen atoms in total.